The molecular formula is C16H15F3N2O. The molecule has 22 heavy (non-hydrogen) atoms. The number of hydrogen-bond donors (Lipinski definition) is 1. The predicted molar refractivity (Wildman–Crippen MR) is 76.6 cm³/mol. The van der Waals surface area contributed by atoms with Gasteiger partial charge >= 0.3 is 6.18 Å². The van der Waals surface area contributed by atoms with Crippen molar-refractivity contribution < 1.29 is 17.9 Å². The number of aromatic nitrogens is 1. The Hall–Kier alpha value is -2.08. The lowest BCUT2D eigenvalue weighted by atomic mass is 9.90. The largest absolute Gasteiger partial charge is 0.493 e. The molecule has 1 aliphatic heterocycles. The van der Waals surface area contributed by atoms with E-state index in [9.17, 15) is 13.2 Å². The van der Waals surface area contributed by atoms with Gasteiger partial charge < -0.3 is 10.5 Å². The highest BCUT2D eigenvalue weighted by molar-refractivity contribution is 5.73. The summed E-state index contributed by atoms with van der Waals surface area (Å²) in [5.41, 5.74) is 6.90. The molecule has 6 heteroatoms. The maximum absolute atomic E-state index is 12.8. The smallest absolute Gasteiger partial charge is 0.433 e. The first-order valence-electron chi connectivity index (χ1n) is 7.00. The second-order valence-electron chi connectivity index (χ2n) is 5.22. The fraction of sp³-hybridized carbons (Fsp3) is 0.312. The SMILES string of the molecule is NC[C@@H]1CCOc2c(-c3ccnc(C(F)(F)F)c3)cccc21. The second-order valence-corrected chi connectivity index (χ2v) is 5.22. The van der Waals surface area contributed by atoms with E-state index >= 15 is 0 Å². The minimum atomic E-state index is -4.47. The first-order valence-corrected chi connectivity index (χ1v) is 7.00. The molecule has 1 aliphatic rings. The van der Waals surface area contributed by atoms with Gasteiger partial charge in [0.05, 0.1) is 6.61 Å². The van der Waals surface area contributed by atoms with Gasteiger partial charge in [0, 0.05) is 17.7 Å². The number of alkyl halides is 3. The first kappa shape index (κ1) is 14.8. The molecule has 0 saturated carbocycles. The van der Waals surface area contributed by atoms with E-state index < -0.39 is 11.9 Å². The van der Waals surface area contributed by atoms with Crippen molar-refractivity contribution in [2.45, 2.75) is 18.5 Å². The van der Waals surface area contributed by atoms with Crippen molar-refractivity contribution in [3.63, 3.8) is 0 Å². The Bertz CT molecular complexity index is 685. The molecule has 1 atom stereocenters. The van der Waals surface area contributed by atoms with Crippen molar-refractivity contribution in [3.8, 4) is 16.9 Å². The molecule has 2 heterocycles. The zero-order valence-electron chi connectivity index (χ0n) is 11.7. The summed E-state index contributed by atoms with van der Waals surface area (Å²) in [6.07, 6.45) is -2.48. The minimum absolute atomic E-state index is 0.174. The van der Waals surface area contributed by atoms with Crippen molar-refractivity contribution in [2.75, 3.05) is 13.2 Å². The molecule has 0 saturated heterocycles. The Morgan fingerprint density at radius 1 is 1.27 bits per heavy atom. The molecule has 0 fully saturated rings. The van der Waals surface area contributed by atoms with E-state index in [0.717, 1.165) is 18.1 Å². The number of hydrogen-bond acceptors (Lipinski definition) is 3. The van der Waals surface area contributed by atoms with E-state index in [1.165, 1.54) is 6.20 Å². The standard InChI is InChI=1S/C16H15F3N2O/c17-16(18,19)14-8-10(4-6-21-14)12-2-1-3-13-11(9-20)5-7-22-15(12)13/h1-4,6,8,11H,5,7,9,20H2/t11-/m0/s1. The molecule has 1 aromatic carbocycles. The maximum Gasteiger partial charge on any atom is 0.433 e. The quantitative estimate of drug-likeness (QED) is 0.922. The highest BCUT2D eigenvalue weighted by atomic mass is 19.4. The van der Waals surface area contributed by atoms with E-state index in [4.69, 9.17) is 10.5 Å². The third-order valence-electron chi connectivity index (χ3n) is 3.84. The van der Waals surface area contributed by atoms with Gasteiger partial charge in [0.15, 0.2) is 0 Å². The number of fused-ring (bicyclic) bond motifs is 1. The summed E-state index contributed by atoms with van der Waals surface area (Å²) in [7, 11) is 0. The van der Waals surface area contributed by atoms with Crippen LogP contribution in [-0.4, -0.2) is 18.1 Å². The molecule has 116 valence electrons. The van der Waals surface area contributed by atoms with Crippen LogP contribution >= 0.6 is 0 Å². The molecule has 0 spiro atoms. The molecule has 0 bridgehead atoms. The summed E-state index contributed by atoms with van der Waals surface area (Å²) in [4.78, 5) is 3.39. The van der Waals surface area contributed by atoms with E-state index in [1.807, 2.05) is 12.1 Å². The van der Waals surface area contributed by atoms with Gasteiger partial charge in [0.1, 0.15) is 11.4 Å². The highest BCUT2D eigenvalue weighted by Gasteiger charge is 2.33. The van der Waals surface area contributed by atoms with Gasteiger partial charge in [0.2, 0.25) is 0 Å². The van der Waals surface area contributed by atoms with Crippen LogP contribution in [0.15, 0.2) is 36.5 Å². The summed E-state index contributed by atoms with van der Waals surface area (Å²) < 4.78 is 44.2. The van der Waals surface area contributed by atoms with Gasteiger partial charge in [-0.15, -0.1) is 0 Å². The Morgan fingerprint density at radius 3 is 2.82 bits per heavy atom. The third-order valence-corrected chi connectivity index (χ3v) is 3.84. The lowest BCUT2D eigenvalue weighted by Gasteiger charge is -2.27. The van der Waals surface area contributed by atoms with E-state index in [1.54, 1.807) is 12.1 Å². The molecular weight excluding hydrogens is 293 g/mol. The second kappa shape index (κ2) is 5.61. The molecule has 1 aromatic heterocycles. The maximum atomic E-state index is 12.8. The fourth-order valence-corrected chi connectivity index (χ4v) is 2.72. The van der Waals surface area contributed by atoms with Crippen molar-refractivity contribution in [1.29, 1.82) is 0 Å². The zero-order chi connectivity index (χ0) is 15.7. The molecule has 0 unspecified atom stereocenters. The topological polar surface area (TPSA) is 48.1 Å². The van der Waals surface area contributed by atoms with Crippen LogP contribution < -0.4 is 10.5 Å². The highest BCUT2D eigenvalue weighted by Crippen LogP contribution is 2.41. The van der Waals surface area contributed by atoms with Gasteiger partial charge in [-0.2, -0.15) is 13.2 Å². The number of pyridine rings is 1. The monoisotopic (exact) mass is 308 g/mol. The molecule has 2 aromatic rings. The van der Waals surface area contributed by atoms with Crippen LogP contribution in [0.1, 0.15) is 23.6 Å². The van der Waals surface area contributed by atoms with E-state index in [2.05, 4.69) is 4.98 Å². The normalized spacial score (nSPS) is 17.7. The number of para-hydroxylation sites is 1. The number of ether oxygens (including phenoxy) is 1. The minimum Gasteiger partial charge on any atom is -0.493 e. The number of halogens is 3. The van der Waals surface area contributed by atoms with Crippen molar-refractivity contribution in [3.05, 3.63) is 47.8 Å². The average molecular weight is 308 g/mol. The first-order chi connectivity index (χ1) is 10.5. The van der Waals surface area contributed by atoms with Crippen molar-refractivity contribution in [2.24, 2.45) is 5.73 Å². The summed E-state index contributed by atoms with van der Waals surface area (Å²) >= 11 is 0. The van der Waals surface area contributed by atoms with Gasteiger partial charge in [-0.25, -0.2) is 0 Å². The van der Waals surface area contributed by atoms with Crippen LogP contribution in [0.5, 0.6) is 5.75 Å². The summed E-state index contributed by atoms with van der Waals surface area (Å²) in [5, 5.41) is 0. The zero-order valence-corrected chi connectivity index (χ0v) is 11.7. The Balaban J connectivity index is 2.10. The summed E-state index contributed by atoms with van der Waals surface area (Å²) in [6.45, 7) is 1.01. The molecule has 3 rings (SSSR count). The molecule has 0 amide bonds. The van der Waals surface area contributed by atoms with Gasteiger partial charge in [-0.05, 0) is 36.2 Å². The van der Waals surface area contributed by atoms with Gasteiger partial charge in [-0.3, -0.25) is 4.98 Å². The van der Waals surface area contributed by atoms with Crippen LogP contribution in [0.3, 0.4) is 0 Å². The third kappa shape index (κ3) is 2.66. The summed E-state index contributed by atoms with van der Waals surface area (Å²) in [5.74, 6) is 0.802. The Kier molecular flexibility index (Phi) is 3.78. The Labute approximate surface area is 125 Å². The number of rotatable bonds is 2. The lowest BCUT2D eigenvalue weighted by molar-refractivity contribution is -0.141. The van der Waals surface area contributed by atoms with Crippen molar-refractivity contribution >= 4 is 0 Å². The van der Waals surface area contributed by atoms with Crippen LogP contribution in [0.2, 0.25) is 0 Å². The molecule has 2 N–H and O–H groups in total. The molecule has 0 aliphatic carbocycles. The van der Waals surface area contributed by atoms with Crippen LogP contribution in [-0.2, 0) is 6.18 Å². The summed E-state index contributed by atoms with van der Waals surface area (Å²) in [6, 6.07) is 8.10. The van der Waals surface area contributed by atoms with Crippen molar-refractivity contribution in [1.82, 2.24) is 4.98 Å². The van der Waals surface area contributed by atoms with E-state index in [0.29, 0.717) is 30.0 Å². The van der Waals surface area contributed by atoms with Crippen LogP contribution in [0.25, 0.3) is 11.1 Å². The van der Waals surface area contributed by atoms with Gasteiger partial charge in [0.25, 0.3) is 0 Å². The average Bonchev–Trinajstić information content (AvgIpc) is 2.53. The number of benzene rings is 1. The van der Waals surface area contributed by atoms with Gasteiger partial charge in [-0.1, -0.05) is 18.2 Å². The molecule has 3 nitrogen and oxygen atoms in total. The Morgan fingerprint density at radius 2 is 2.09 bits per heavy atom. The molecule has 0 radical (unpaired) electrons. The van der Waals surface area contributed by atoms with Crippen LogP contribution in [0, 0.1) is 0 Å². The predicted octanol–water partition coefficient (Wildman–Crippen LogP) is 3.59. The fourth-order valence-electron chi connectivity index (χ4n) is 2.72. The van der Waals surface area contributed by atoms with E-state index in [-0.39, 0.29) is 5.92 Å². The van der Waals surface area contributed by atoms with Crippen LogP contribution in [0.4, 0.5) is 13.2 Å². The lowest BCUT2D eigenvalue weighted by Crippen LogP contribution is -2.21. The number of nitrogens with two attached hydrogens (primary N) is 1. The number of nitrogens with zero attached hydrogens (tertiary/aromatic N) is 1.